The average molecular weight is 621 g/mol. The summed E-state index contributed by atoms with van der Waals surface area (Å²) in [5, 5.41) is 11.0. The number of thiophene rings is 1. The van der Waals surface area contributed by atoms with Crippen LogP contribution in [0.2, 0.25) is 0 Å². The van der Waals surface area contributed by atoms with Crippen molar-refractivity contribution in [3.8, 4) is 11.1 Å². The summed E-state index contributed by atoms with van der Waals surface area (Å²) >= 11 is 1.99. The Morgan fingerprint density at radius 1 is 0.574 bits per heavy atom. The molecule has 0 saturated heterocycles. The van der Waals surface area contributed by atoms with Crippen molar-refractivity contribution in [1.29, 1.82) is 0 Å². The topological polar surface area (TPSA) is 0 Å². The zero-order chi connectivity index (χ0) is 31.1. The predicted molar refractivity (Wildman–Crippen MR) is 205 cm³/mol. The number of benzene rings is 6. The van der Waals surface area contributed by atoms with Crippen molar-refractivity contribution in [3.63, 3.8) is 0 Å². The molecule has 47 heavy (non-hydrogen) atoms. The Morgan fingerprint density at radius 3 is 1.89 bits per heavy atom. The van der Waals surface area contributed by atoms with Crippen LogP contribution < -0.4 is 9.75 Å². The fourth-order valence-electron chi connectivity index (χ4n) is 8.63. The molecule has 0 fully saturated rings. The van der Waals surface area contributed by atoms with E-state index in [0.29, 0.717) is 5.92 Å². The highest BCUT2D eigenvalue weighted by molar-refractivity contribution is 7.17. The van der Waals surface area contributed by atoms with Crippen LogP contribution in [-0.4, -0.2) is 0 Å². The summed E-state index contributed by atoms with van der Waals surface area (Å²) in [5.41, 5.74) is 11.4. The van der Waals surface area contributed by atoms with Gasteiger partial charge in [0.05, 0.1) is 0 Å². The maximum Gasteiger partial charge on any atom is 0.0358 e. The summed E-state index contributed by atoms with van der Waals surface area (Å²) in [6, 6.07) is 37.3. The van der Waals surface area contributed by atoms with Gasteiger partial charge in [-0.1, -0.05) is 116 Å². The summed E-state index contributed by atoms with van der Waals surface area (Å²) in [4.78, 5) is 0. The summed E-state index contributed by atoms with van der Waals surface area (Å²) in [6.45, 7) is 2.33. The molecule has 0 N–H and O–H groups in total. The largest absolute Gasteiger partial charge is 0.136 e. The second-order valence-electron chi connectivity index (χ2n) is 13.8. The number of allylic oxidation sites excluding steroid dienone is 4. The van der Waals surface area contributed by atoms with E-state index in [2.05, 4.69) is 128 Å². The van der Waals surface area contributed by atoms with Crippen LogP contribution >= 0.6 is 11.3 Å². The Labute approximate surface area is 279 Å². The van der Waals surface area contributed by atoms with Crippen molar-refractivity contribution in [3.05, 3.63) is 147 Å². The van der Waals surface area contributed by atoms with E-state index in [-0.39, 0.29) is 0 Å². The van der Waals surface area contributed by atoms with E-state index in [1.54, 1.807) is 11.1 Å². The van der Waals surface area contributed by atoms with Gasteiger partial charge in [0.2, 0.25) is 0 Å². The smallest absolute Gasteiger partial charge is 0.0358 e. The van der Waals surface area contributed by atoms with Crippen LogP contribution in [0.3, 0.4) is 0 Å². The van der Waals surface area contributed by atoms with Gasteiger partial charge in [0.25, 0.3) is 0 Å². The number of rotatable bonds is 3. The van der Waals surface area contributed by atoms with Crippen molar-refractivity contribution in [1.82, 2.24) is 0 Å². The molecule has 1 heterocycles. The van der Waals surface area contributed by atoms with Crippen molar-refractivity contribution in [2.45, 2.75) is 45.4 Å². The normalized spacial score (nSPS) is 17.3. The molecular weight excluding hydrogens is 585 g/mol. The molecule has 6 aromatic carbocycles. The molecular formula is C46H36S. The molecule has 10 rings (SSSR count). The lowest BCUT2D eigenvalue weighted by atomic mass is 9.82. The van der Waals surface area contributed by atoms with E-state index in [1.807, 2.05) is 11.3 Å². The second-order valence-corrected chi connectivity index (χ2v) is 14.9. The van der Waals surface area contributed by atoms with Crippen LogP contribution in [-0.2, 0) is 12.8 Å². The molecule has 3 aliphatic carbocycles. The average Bonchev–Trinajstić information content (AvgIpc) is 3.33. The minimum Gasteiger partial charge on any atom is -0.136 e. The molecule has 0 bridgehead atoms. The Balaban J connectivity index is 1.27. The molecule has 1 aromatic heterocycles. The zero-order valence-electron chi connectivity index (χ0n) is 26.8. The number of aryl methyl sites for hydroxylation is 2. The predicted octanol–water partition coefficient (Wildman–Crippen LogP) is 11.3. The van der Waals surface area contributed by atoms with Gasteiger partial charge in [0.15, 0.2) is 0 Å². The first-order chi connectivity index (χ1) is 23.2. The van der Waals surface area contributed by atoms with Gasteiger partial charge in [-0.3, -0.25) is 0 Å². The maximum absolute atomic E-state index is 2.51. The molecule has 1 atom stereocenters. The van der Waals surface area contributed by atoms with Gasteiger partial charge in [-0.15, -0.1) is 11.3 Å². The van der Waals surface area contributed by atoms with E-state index in [0.717, 1.165) is 19.3 Å². The van der Waals surface area contributed by atoms with E-state index in [9.17, 15) is 0 Å². The molecule has 0 amide bonds. The lowest BCUT2D eigenvalue weighted by Gasteiger charge is -2.21. The lowest BCUT2D eigenvalue weighted by molar-refractivity contribution is 0.662. The second kappa shape index (κ2) is 10.7. The quantitative estimate of drug-likeness (QED) is 0.172. The standard InChI is InChI=1S/C46H36S/c1-28-10-8-11-29(21-20-28)44-36-14-4-6-16-38(36)45(39-17-7-5-15-37(39)44)40-25-24-34(32-12-2-3-13-33(32)40)35-18-9-19-42-46(35)41-26-30-22-23-31(30)27-43(41)47-42/h2-7,11-17,19-21,24-28H,8-10,18,22-23H2,1H3. The molecule has 0 spiro atoms. The monoisotopic (exact) mass is 620 g/mol. The van der Waals surface area contributed by atoms with Crippen LogP contribution in [0.25, 0.3) is 70.8 Å². The first-order valence-electron chi connectivity index (χ1n) is 17.4. The lowest BCUT2D eigenvalue weighted by Crippen LogP contribution is -2.25. The number of hydrogen-bond acceptors (Lipinski definition) is 1. The summed E-state index contributed by atoms with van der Waals surface area (Å²) in [7, 11) is 0. The Bertz CT molecular complexity index is 2580. The highest BCUT2D eigenvalue weighted by Crippen LogP contribution is 2.45. The Morgan fingerprint density at radius 2 is 1.19 bits per heavy atom. The van der Waals surface area contributed by atoms with Crippen LogP contribution in [0.1, 0.15) is 54.9 Å². The van der Waals surface area contributed by atoms with E-state index in [4.69, 9.17) is 0 Å². The molecule has 7 aromatic rings. The minimum atomic E-state index is 0.602. The van der Waals surface area contributed by atoms with Gasteiger partial charge < -0.3 is 0 Å². The first-order valence-corrected chi connectivity index (χ1v) is 18.2. The number of fused-ring (bicyclic) bond motifs is 7. The third-order valence-corrected chi connectivity index (χ3v) is 12.2. The third kappa shape index (κ3) is 4.19. The van der Waals surface area contributed by atoms with E-state index >= 15 is 0 Å². The van der Waals surface area contributed by atoms with Crippen LogP contribution in [0, 0.1) is 5.92 Å². The summed E-state index contributed by atoms with van der Waals surface area (Å²) in [6.07, 6.45) is 16.7. The van der Waals surface area contributed by atoms with E-state index < -0.39 is 0 Å². The molecule has 0 nitrogen and oxygen atoms in total. The van der Waals surface area contributed by atoms with Crippen molar-refractivity contribution < 1.29 is 0 Å². The van der Waals surface area contributed by atoms with E-state index in [1.165, 1.54) is 105 Å². The van der Waals surface area contributed by atoms with Gasteiger partial charge in [0.1, 0.15) is 0 Å². The summed E-state index contributed by atoms with van der Waals surface area (Å²) in [5.74, 6) is 0.602. The van der Waals surface area contributed by atoms with Gasteiger partial charge >= 0.3 is 0 Å². The molecule has 1 heteroatoms. The summed E-state index contributed by atoms with van der Waals surface area (Å²) < 4.78 is 2.92. The van der Waals surface area contributed by atoms with Crippen LogP contribution in [0.15, 0.2) is 115 Å². The maximum atomic E-state index is 2.51. The third-order valence-electron chi connectivity index (χ3n) is 11.1. The van der Waals surface area contributed by atoms with Gasteiger partial charge in [-0.25, -0.2) is 0 Å². The molecule has 0 radical (unpaired) electrons. The van der Waals surface area contributed by atoms with Gasteiger partial charge in [-0.05, 0) is 133 Å². The SMILES string of the molecule is CC1C=CC(c2c3ccccc3c(-c3ccc(C4=c5c(sc6cc7c(cc56)CC7)=CCC4)c4ccccc34)c3ccccc23)=CCC1. The molecule has 1 unspecified atom stereocenters. The highest BCUT2D eigenvalue weighted by atomic mass is 32.1. The Kier molecular flexibility index (Phi) is 6.21. The van der Waals surface area contributed by atoms with Crippen molar-refractivity contribution >= 4 is 71.0 Å². The van der Waals surface area contributed by atoms with Gasteiger partial charge in [0, 0.05) is 19.8 Å². The van der Waals surface area contributed by atoms with Crippen LogP contribution in [0.5, 0.6) is 0 Å². The molecule has 0 aliphatic heterocycles. The first kappa shape index (κ1) is 27.4. The zero-order valence-corrected chi connectivity index (χ0v) is 27.6. The fourth-order valence-corrected chi connectivity index (χ4v) is 9.88. The minimum absolute atomic E-state index is 0.602. The fraction of sp³-hybridized carbons (Fsp3) is 0.174. The van der Waals surface area contributed by atoms with Gasteiger partial charge in [-0.2, -0.15) is 0 Å². The molecule has 226 valence electrons. The molecule has 3 aliphatic rings. The Hall–Kier alpha value is -4.72. The van der Waals surface area contributed by atoms with Crippen LogP contribution in [0.4, 0.5) is 0 Å². The molecule has 0 saturated carbocycles. The van der Waals surface area contributed by atoms with Crippen molar-refractivity contribution in [2.24, 2.45) is 5.92 Å². The van der Waals surface area contributed by atoms with Crippen molar-refractivity contribution in [2.75, 3.05) is 0 Å². The number of hydrogen-bond donors (Lipinski definition) is 0. The highest BCUT2D eigenvalue weighted by Gasteiger charge is 2.22.